The van der Waals surface area contributed by atoms with Crippen molar-refractivity contribution in [2.24, 2.45) is 11.8 Å². The summed E-state index contributed by atoms with van der Waals surface area (Å²) in [6.07, 6.45) is 8.41. The second-order valence-corrected chi connectivity index (χ2v) is 11.1. The first-order chi connectivity index (χ1) is 18.9. The van der Waals surface area contributed by atoms with E-state index in [1.807, 2.05) is 30.6 Å². The van der Waals surface area contributed by atoms with Crippen molar-refractivity contribution in [3.63, 3.8) is 0 Å². The Bertz CT molecular complexity index is 1470. The second kappa shape index (κ2) is 11.8. The number of hydrogen-bond acceptors (Lipinski definition) is 5. The van der Waals surface area contributed by atoms with E-state index in [0.717, 1.165) is 34.8 Å². The molecule has 0 aliphatic heterocycles. The van der Waals surface area contributed by atoms with Crippen molar-refractivity contribution in [1.29, 1.82) is 0 Å². The Morgan fingerprint density at radius 3 is 2.85 bits per heavy atom. The Hall–Kier alpha value is -3.31. The van der Waals surface area contributed by atoms with E-state index in [9.17, 15) is 0 Å². The lowest BCUT2D eigenvalue weighted by molar-refractivity contribution is -0.449. The highest BCUT2D eigenvalue weighted by Gasteiger charge is 2.32. The number of ether oxygens (including phenoxy) is 1. The number of pyridine rings is 1. The molecule has 2 unspecified atom stereocenters. The number of rotatable bonds is 11. The van der Waals surface area contributed by atoms with E-state index in [1.54, 1.807) is 32.8 Å². The molecule has 3 heterocycles. The first kappa shape index (κ1) is 27.3. The fraction of sp³-hybridized carbons (Fsp3) is 0.321. The van der Waals surface area contributed by atoms with Gasteiger partial charge in [0.1, 0.15) is 17.6 Å². The van der Waals surface area contributed by atoms with E-state index in [1.165, 1.54) is 28.9 Å². The first-order valence-electron chi connectivity index (χ1n) is 12.9. The molecular weight excluding hydrogens is 537 g/mol. The van der Waals surface area contributed by atoms with Gasteiger partial charge in [-0.3, -0.25) is 5.84 Å². The van der Waals surface area contributed by atoms with Crippen LogP contribution in [0.15, 0.2) is 48.1 Å². The Labute approximate surface area is 236 Å². The molecule has 5 rings (SSSR count). The standard InChI is InChI=1S/C28H31ClFN7OS/c1-16(38-3)27-26(30)22(14-39-27)24-13-34-28(36-24)21(10-17-4-5-17)23-8-6-18(12-33-23)20-11-19(29)7-9-25(20)37(31)15-35-32-2/h6-9,11-17,21,32H,4-5,10,31H2,1-3H3,(H,34,36)/p+2. The molecule has 0 amide bonds. The van der Waals surface area contributed by atoms with Gasteiger partial charge in [0.25, 0.3) is 6.34 Å². The summed E-state index contributed by atoms with van der Waals surface area (Å²) in [5.74, 6) is 7.49. The molecule has 4 aromatic rings. The number of nitrogens with two attached hydrogens (primary N) is 1. The number of H-pyrrole nitrogens is 2. The molecule has 1 saturated carbocycles. The second-order valence-electron chi connectivity index (χ2n) is 9.74. The smallest absolute Gasteiger partial charge is 0.278 e. The minimum atomic E-state index is -0.300. The van der Waals surface area contributed by atoms with Crippen LogP contribution in [0, 0.1) is 11.7 Å². The van der Waals surface area contributed by atoms with Crippen LogP contribution in [-0.4, -0.2) is 35.1 Å². The third-order valence-corrected chi connectivity index (χ3v) is 8.42. The third kappa shape index (κ3) is 5.99. The molecule has 1 aliphatic carbocycles. The Morgan fingerprint density at radius 2 is 2.15 bits per heavy atom. The average molecular weight is 570 g/mol. The van der Waals surface area contributed by atoms with Gasteiger partial charge in [0, 0.05) is 41.8 Å². The maximum atomic E-state index is 15.1. The number of hydrazine groups is 2. The van der Waals surface area contributed by atoms with Crippen LogP contribution in [0.1, 0.15) is 54.6 Å². The van der Waals surface area contributed by atoms with Crippen molar-refractivity contribution in [3.8, 4) is 22.4 Å². The molecule has 204 valence electrons. The summed E-state index contributed by atoms with van der Waals surface area (Å²) < 4.78 is 22.0. The van der Waals surface area contributed by atoms with Gasteiger partial charge in [0.15, 0.2) is 17.6 Å². The van der Waals surface area contributed by atoms with Crippen molar-refractivity contribution in [1.82, 2.24) is 20.8 Å². The van der Waals surface area contributed by atoms with Gasteiger partial charge in [-0.05, 0) is 43.5 Å². The lowest BCUT2D eigenvalue weighted by Crippen LogP contribution is -2.32. The summed E-state index contributed by atoms with van der Waals surface area (Å²) >= 11 is 7.70. The summed E-state index contributed by atoms with van der Waals surface area (Å²) in [4.78, 5) is 12.2. The normalized spacial score (nSPS) is 15.4. The third-order valence-electron chi connectivity index (χ3n) is 7.07. The van der Waals surface area contributed by atoms with E-state index >= 15 is 4.39 Å². The topological polar surface area (TPSA) is 105 Å². The fourth-order valence-corrected chi connectivity index (χ4v) is 5.78. The van der Waals surface area contributed by atoms with Crippen LogP contribution in [0.2, 0.25) is 5.02 Å². The van der Waals surface area contributed by atoms with E-state index in [0.29, 0.717) is 27.1 Å². The molecule has 1 aromatic carbocycles. The maximum absolute atomic E-state index is 15.1. The van der Waals surface area contributed by atoms with Gasteiger partial charge < -0.3 is 9.72 Å². The van der Waals surface area contributed by atoms with Gasteiger partial charge in [0.2, 0.25) is 0 Å². The summed E-state index contributed by atoms with van der Waals surface area (Å²) in [6.45, 7) is 1.84. The van der Waals surface area contributed by atoms with Gasteiger partial charge in [-0.15, -0.1) is 16.0 Å². The highest BCUT2D eigenvalue weighted by Crippen LogP contribution is 2.41. The number of aromatic amines is 2. The van der Waals surface area contributed by atoms with Crippen molar-refractivity contribution in [2.45, 2.75) is 38.2 Å². The monoisotopic (exact) mass is 569 g/mol. The van der Waals surface area contributed by atoms with Crippen LogP contribution in [0.25, 0.3) is 22.4 Å². The van der Waals surface area contributed by atoms with E-state index in [2.05, 4.69) is 33.0 Å². The quantitative estimate of drug-likeness (QED) is 0.0643. The molecule has 0 bridgehead atoms. The Morgan fingerprint density at radius 1 is 1.33 bits per heavy atom. The zero-order valence-electron chi connectivity index (χ0n) is 22.1. The molecule has 1 aliphatic rings. The molecule has 6 N–H and O–H groups in total. The summed E-state index contributed by atoms with van der Waals surface area (Å²) in [5, 5.41) is 2.44. The first-order valence-corrected chi connectivity index (χ1v) is 14.1. The summed E-state index contributed by atoms with van der Waals surface area (Å²) in [6, 6.07) is 9.71. The SMILES string of the molecule is CNNC=[N+](N)c1ccc(Cl)cc1-c1ccc(C(CC2CC2)c2ncc(-c3csc(C(C)OC)c3F)[nH]2)[nH+]c1. The number of benzene rings is 1. The number of halogens is 2. The molecule has 1 fully saturated rings. The summed E-state index contributed by atoms with van der Waals surface area (Å²) in [5.41, 5.74) is 10.5. The van der Waals surface area contributed by atoms with E-state index in [4.69, 9.17) is 27.2 Å². The van der Waals surface area contributed by atoms with Crippen molar-refractivity contribution >= 4 is 35.0 Å². The number of hydrogen-bond donors (Lipinski definition) is 4. The van der Waals surface area contributed by atoms with Crippen LogP contribution in [0.4, 0.5) is 10.1 Å². The maximum Gasteiger partial charge on any atom is 0.278 e. The Balaban J connectivity index is 1.45. The number of methoxy groups -OCH3 is 1. The van der Waals surface area contributed by atoms with Crippen LogP contribution in [0.5, 0.6) is 0 Å². The van der Waals surface area contributed by atoms with Crippen LogP contribution in [-0.2, 0) is 4.74 Å². The summed E-state index contributed by atoms with van der Waals surface area (Å²) in [7, 11) is 3.34. The average Bonchev–Trinajstić information content (AvgIpc) is 3.51. The molecule has 8 nitrogen and oxygen atoms in total. The lowest BCUT2D eigenvalue weighted by atomic mass is 9.95. The molecule has 0 saturated heterocycles. The van der Waals surface area contributed by atoms with Crippen molar-refractivity contribution in [3.05, 3.63) is 75.3 Å². The highest BCUT2D eigenvalue weighted by atomic mass is 35.5. The van der Waals surface area contributed by atoms with Crippen LogP contribution < -0.4 is 21.7 Å². The van der Waals surface area contributed by atoms with Gasteiger partial charge in [0.05, 0.1) is 28.4 Å². The Kier molecular flexibility index (Phi) is 8.27. The molecule has 2 atom stereocenters. The van der Waals surface area contributed by atoms with Crippen LogP contribution >= 0.6 is 22.9 Å². The number of thiophene rings is 1. The number of hydrazone groups is 1. The van der Waals surface area contributed by atoms with E-state index < -0.39 is 0 Å². The van der Waals surface area contributed by atoms with Gasteiger partial charge in [-0.1, -0.05) is 24.4 Å². The predicted molar refractivity (Wildman–Crippen MR) is 152 cm³/mol. The molecule has 11 heteroatoms. The number of nitrogens with zero attached hydrogens (tertiary/aromatic N) is 2. The molecule has 0 spiro atoms. The van der Waals surface area contributed by atoms with Crippen molar-refractivity contribution in [2.75, 3.05) is 14.2 Å². The highest BCUT2D eigenvalue weighted by molar-refractivity contribution is 7.10. The number of imidazole rings is 1. The minimum Gasteiger partial charge on any atom is -0.376 e. The van der Waals surface area contributed by atoms with Gasteiger partial charge >= 0.3 is 0 Å². The number of nitrogens with one attached hydrogen (secondary N) is 4. The van der Waals surface area contributed by atoms with Crippen molar-refractivity contribution < 1.29 is 18.8 Å². The fourth-order valence-electron chi connectivity index (χ4n) is 4.63. The number of aromatic nitrogens is 3. The zero-order chi connectivity index (χ0) is 27.5. The van der Waals surface area contributed by atoms with Gasteiger partial charge in [-0.25, -0.2) is 19.8 Å². The largest absolute Gasteiger partial charge is 0.376 e. The van der Waals surface area contributed by atoms with E-state index in [-0.39, 0.29) is 17.8 Å². The zero-order valence-corrected chi connectivity index (χ0v) is 23.7. The molecule has 0 radical (unpaired) electrons. The molecule has 39 heavy (non-hydrogen) atoms. The lowest BCUT2D eigenvalue weighted by Gasteiger charge is -2.11. The van der Waals surface area contributed by atoms with Crippen LogP contribution in [0.3, 0.4) is 0 Å². The molecule has 3 aromatic heterocycles. The van der Waals surface area contributed by atoms with Gasteiger partial charge in [-0.2, -0.15) is 5.43 Å². The predicted octanol–water partition coefficient (Wildman–Crippen LogP) is 5.32. The minimum absolute atomic E-state index is 0.0253. The molecular formula is C28H33ClFN7OS+2.